The minimum atomic E-state index is -0.173. The fourth-order valence-electron chi connectivity index (χ4n) is 2.22. The van der Waals surface area contributed by atoms with Crippen molar-refractivity contribution >= 4 is 5.91 Å². The molecular formula is C16H20N2O3. The summed E-state index contributed by atoms with van der Waals surface area (Å²) in [6.07, 6.45) is 1.84. The third-order valence-electron chi connectivity index (χ3n) is 3.43. The number of nitrogens with zero attached hydrogens (tertiary/aromatic N) is 1. The molecule has 0 fully saturated rings. The smallest absolute Gasteiger partial charge is 0.268 e. The average Bonchev–Trinajstić information content (AvgIpc) is 2.92. The van der Waals surface area contributed by atoms with Gasteiger partial charge in [-0.15, -0.1) is 0 Å². The molecule has 5 nitrogen and oxygen atoms in total. The molecule has 21 heavy (non-hydrogen) atoms. The molecule has 1 unspecified atom stereocenters. The first kappa shape index (κ1) is 15.0. The summed E-state index contributed by atoms with van der Waals surface area (Å²) >= 11 is 0. The normalized spacial score (nSPS) is 11.8. The molecule has 0 aliphatic rings. The maximum Gasteiger partial charge on any atom is 0.268 e. The lowest BCUT2D eigenvalue weighted by atomic mass is 10.1. The molecule has 0 saturated carbocycles. The van der Waals surface area contributed by atoms with Crippen molar-refractivity contribution in [3.63, 3.8) is 0 Å². The van der Waals surface area contributed by atoms with Gasteiger partial charge in [-0.3, -0.25) is 4.79 Å². The molecule has 112 valence electrons. The zero-order valence-corrected chi connectivity index (χ0v) is 12.7. The van der Waals surface area contributed by atoms with Crippen LogP contribution in [0.4, 0.5) is 0 Å². The fraction of sp³-hybridized carbons (Fsp3) is 0.312. The van der Waals surface area contributed by atoms with Crippen LogP contribution in [0.1, 0.15) is 29.0 Å². The number of methoxy groups -OCH3 is 2. The number of hydrogen-bond donors (Lipinski definition) is 1. The molecule has 2 aromatic rings. The Morgan fingerprint density at radius 1 is 1.24 bits per heavy atom. The van der Waals surface area contributed by atoms with Crippen LogP contribution in [0.5, 0.6) is 11.5 Å². The van der Waals surface area contributed by atoms with Crippen molar-refractivity contribution in [3.05, 3.63) is 47.8 Å². The van der Waals surface area contributed by atoms with E-state index in [9.17, 15) is 4.79 Å². The second-order valence-electron chi connectivity index (χ2n) is 4.81. The monoisotopic (exact) mass is 288 g/mol. The van der Waals surface area contributed by atoms with Crippen molar-refractivity contribution in [2.75, 3.05) is 14.2 Å². The Morgan fingerprint density at radius 2 is 2.00 bits per heavy atom. The number of rotatable bonds is 5. The van der Waals surface area contributed by atoms with E-state index in [1.165, 1.54) is 0 Å². The number of aromatic nitrogens is 1. The van der Waals surface area contributed by atoms with Crippen LogP contribution in [0.25, 0.3) is 0 Å². The molecule has 1 N–H and O–H groups in total. The average molecular weight is 288 g/mol. The van der Waals surface area contributed by atoms with E-state index in [1.54, 1.807) is 30.9 Å². The molecular weight excluding hydrogens is 268 g/mol. The third-order valence-corrected chi connectivity index (χ3v) is 3.43. The molecule has 0 radical (unpaired) electrons. The van der Waals surface area contributed by atoms with Crippen LogP contribution >= 0.6 is 0 Å². The van der Waals surface area contributed by atoms with Gasteiger partial charge in [-0.2, -0.15) is 0 Å². The molecule has 1 aromatic heterocycles. The first-order valence-corrected chi connectivity index (χ1v) is 6.71. The first-order chi connectivity index (χ1) is 10.1. The summed E-state index contributed by atoms with van der Waals surface area (Å²) in [4.78, 5) is 12.2. The lowest BCUT2D eigenvalue weighted by molar-refractivity contribution is 0.0931. The standard InChI is InChI=1S/C16H20N2O3/c1-11(17-16(19)14-6-5-9-18(14)2)13-8-7-12(20-3)10-15(13)21-4/h5-11H,1-4H3,(H,17,19). The maximum atomic E-state index is 12.2. The number of ether oxygens (including phenoxy) is 2. The maximum absolute atomic E-state index is 12.2. The highest BCUT2D eigenvalue weighted by molar-refractivity contribution is 5.93. The third kappa shape index (κ3) is 3.18. The number of nitrogens with one attached hydrogen (secondary N) is 1. The van der Waals surface area contributed by atoms with Crippen LogP contribution in [-0.2, 0) is 7.05 Å². The van der Waals surface area contributed by atoms with Crippen LogP contribution in [0.2, 0.25) is 0 Å². The van der Waals surface area contributed by atoms with Gasteiger partial charge in [0, 0.05) is 24.9 Å². The molecule has 0 saturated heterocycles. The summed E-state index contributed by atoms with van der Waals surface area (Å²) in [5.41, 5.74) is 1.52. The Bertz CT molecular complexity index is 634. The predicted octanol–water partition coefficient (Wildman–Crippen LogP) is 2.53. The van der Waals surface area contributed by atoms with Gasteiger partial charge in [0.1, 0.15) is 17.2 Å². The summed E-state index contributed by atoms with van der Waals surface area (Å²) < 4.78 is 12.3. The minimum absolute atomic E-state index is 0.118. The van der Waals surface area contributed by atoms with Gasteiger partial charge in [0.25, 0.3) is 5.91 Å². The van der Waals surface area contributed by atoms with Gasteiger partial charge in [0.2, 0.25) is 0 Å². The largest absolute Gasteiger partial charge is 0.497 e. The van der Waals surface area contributed by atoms with Gasteiger partial charge in [-0.25, -0.2) is 0 Å². The lowest BCUT2D eigenvalue weighted by Crippen LogP contribution is -2.28. The highest BCUT2D eigenvalue weighted by atomic mass is 16.5. The Kier molecular flexibility index (Phi) is 4.52. The molecule has 1 atom stereocenters. The van der Waals surface area contributed by atoms with Crippen LogP contribution in [-0.4, -0.2) is 24.7 Å². The fourth-order valence-corrected chi connectivity index (χ4v) is 2.22. The topological polar surface area (TPSA) is 52.5 Å². The summed E-state index contributed by atoms with van der Waals surface area (Å²) in [7, 11) is 5.05. The van der Waals surface area contributed by atoms with Gasteiger partial charge in [-0.05, 0) is 31.2 Å². The molecule has 1 amide bonds. The van der Waals surface area contributed by atoms with Crippen LogP contribution in [0, 0.1) is 0 Å². The van der Waals surface area contributed by atoms with Gasteiger partial charge < -0.3 is 19.4 Å². The lowest BCUT2D eigenvalue weighted by Gasteiger charge is -2.18. The SMILES string of the molecule is COc1ccc(C(C)NC(=O)c2cccn2C)c(OC)c1. The van der Waals surface area contributed by atoms with Crippen molar-refractivity contribution in [1.29, 1.82) is 0 Å². The summed E-state index contributed by atoms with van der Waals surface area (Å²) in [6.45, 7) is 1.92. The highest BCUT2D eigenvalue weighted by Gasteiger charge is 2.17. The number of carbonyl (C=O) groups excluding carboxylic acids is 1. The van der Waals surface area contributed by atoms with Crippen molar-refractivity contribution in [3.8, 4) is 11.5 Å². The highest BCUT2D eigenvalue weighted by Crippen LogP contribution is 2.29. The second-order valence-corrected chi connectivity index (χ2v) is 4.81. The Hall–Kier alpha value is -2.43. The zero-order chi connectivity index (χ0) is 15.4. The number of benzene rings is 1. The molecule has 1 heterocycles. The quantitative estimate of drug-likeness (QED) is 0.920. The predicted molar refractivity (Wildman–Crippen MR) is 80.8 cm³/mol. The molecule has 0 spiro atoms. The molecule has 2 rings (SSSR count). The summed E-state index contributed by atoms with van der Waals surface area (Å²) in [6, 6.07) is 9.01. The van der Waals surface area contributed by atoms with E-state index in [2.05, 4.69) is 5.32 Å². The first-order valence-electron chi connectivity index (χ1n) is 6.71. The Labute approximate surface area is 124 Å². The van der Waals surface area contributed by atoms with Crippen LogP contribution in [0.15, 0.2) is 36.5 Å². The molecule has 0 bridgehead atoms. The zero-order valence-electron chi connectivity index (χ0n) is 12.7. The number of hydrogen-bond acceptors (Lipinski definition) is 3. The summed E-state index contributed by atoms with van der Waals surface area (Å²) in [5, 5.41) is 2.97. The van der Waals surface area contributed by atoms with E-state index < -0.39 is 0 Å². The van der Waals surface area contributed by atoms with Crippen LogP contribution in [0.3, 0.4) is 0 Å². The van der Waals surface area contributed by atoms with Crippen molar-refractivity contribution in [2.24, 2.45) is 7.05 Å². The second kappa shape index (κ2) is 6.35. The van der Waals surface area contributed by atoms with E-state index in [0.717, 1.165) is 11.3 Å². The van der Waals surface area contributed by atoms with Gasteiger partial charge >= 0.3 is 0 Å². The van der Waals surface area contributed by atoms with Gasteiger partial charge in [-0.1, -0.05) is 0 Å². The van der Waals surface area contributed by atoms with E-state index in [-0.39, 0.29) is 11.9 Å². The minimum Gasteiger partial charge on any atom is -0.497 e. The number of amides is 1. The van der Waals surface area contributed by atoms with Gasteiger partial charge in [0.15, 0.2) is 0 Å². The van der Waals surface area contributed by atoms with Gasteiger partial charge in [0.05, 0.1) is 20.3 Å². The van der Waals surface area contributed by atoms with Crippen molar-refractivity contribution in [1.82, 2.24) is 9.88 Å². The Morgan fingerprint density at radius 3 is 2.57 bits per heavy atom. The van der Waals surface area contributed by atoms with Crippen LogP contribution < -0.4 is 14.8 Å². The van der Waals surface area contributed by atoms with Crippen molar-refractivity contribution < 1.29 is 14.3 Å². The van der Waals surface area contributed by atoms with E-state index >= 15 is 0 Å². The van der Waals surface area contributed by atoms with E-state index in [0.29, 0.717) is 11.4 Å². The molecule has 1 aromatic carbocycles. The number of aryl methyl sites for hydroxylation is 1. The number of carbonyl (C=O) groups is 1. The summed E-state index contributed by atoms with van der Waals surface area (Å²) in [5.74, 6) is 1.29. The Balaban J connectivity index is 2.18. The van der Waals surface area contributed by atoms with Crippen molar-refractivity contribution in [2.45, 2.75) is 13.0 Å². The molecule has 0 aliphatic heterocycles. The molecule has 0 aliphatic carbocycles. The van der Waals surface area contributed by atoms with E-state index in [4.69, 9.17) is 9.47 Å². The molecule has 5 heteroatoms. The van der Waals surface area contributed by atoms with E-state index in [1.807, 2.05) is 38.4 Å².